The lowest BCUT2D eigenvalue weighted by molar-refractivity contribution is -0.138. The molecule has 7 N–H and O–H groups in total. The van der Waals surface area contributed by atoms with Crippen LogP contribution >= 0.6 is 0 Å². The molecule has 326 valence electrons. The van der Waals surface area contributed by atoms with Crippen molar-refractivity contribution in [2.24, 2.45) is 0 Å². The first kappa shape index (κ1) is 46.0. The molecular weight excluding hydrogens is 810 g/mol. The number of carboxylic acids is 1. The van der Waals surface area contributed by atoms with Crippen LogP contribution in [0.15, 0.2) is 109 Å². The summed E-state index contributed by atoms with van der Waals surface area (Å²) in [4.78, 5) is 93.6. The lowest BCUT2D eigenvalue weighted by atomic mass is 9.99. The van der Waals surface area contributed by atoms with Crippen LogP contribution in [0.2, 0.25) is 0 Å². The minimum atomic E-state index is -4.64. The average Bonchev–Trinajstić information content (AvgIpc) is 3.24. The molecule has 4 aromatic carbocycles. The summed E-state index contributed by atoms with van der Waals surface area (Å²) in [6, 6.07) is 22.6. The van der Waals surface area contributed by atoms with Crippen molar-refractivity contribution in [1.82, 2.24) is 26.6 Å². The van der Waals surface area contributed by atoms with Gasteiger partial charge in [0.1, 0.15) is 24.2 Å². The number of aryl methyl sites for hydroxylation is 1. The Balaban J connectivity index is 1.52. The zero-order chi connectivity index (χ0) is 44.6. The molecule has 2 aliphatic rings. The third-order valence-corrected chi connectivity index (χ3v) is 10.0. The number of amides is 6. The number of carboxylic acid groups (broad SMARTS) is 1. The molecule has 0 fully saturated rings. The summed E-state index contributed by atoms with van der Waals surface area (Å²) in [5.41, 5.74) is 1.65. The average molecular weight is 857 g/mol. The van der Waals surface area contributed by atoms with E-state index in [4.69, 9.17) is 5.11 Å². The molecule has 0 saturated heterocycles. The zero-order valence-corrected chi connectivity index (χ0v) is 33.5. The van der Waals surface area contributed by atoms with E-state index in [1.165, 1.54) is 0 Å². The number of benzene rings is 4. The summed E-state index contributed by atoms with van der Waals surface area (Å²) in [6.07, 6.45) is -5.75. The van der Waals surface area contributed by atoms with E-state index < -0.39 is 83.7 Å². The molecule has 0 aromatic heterocycles. The summed E-state index contributed by atoms with van der Waals surface area (Å²) in [7, 11) is 0. The molecule has 4 atom stereocenters. The van der Waals surface area contributed by atoms with E-state index >= 15 is 0 Å². The van der Waals surface area contributed by atoms with E-state index in [9.17, 15) is 46.7 Å². The topological polar surface area (TPSA) is 212 Å². The highest BCUT2D eigenvalue weighted by atomic mass is 19.4. The van der Waals surface area contributed by atoms with Gasteiger partial charge in [-0.2, -0.15) is 13.2 Å². The Hall–Kier alpha value is -7.04. The third kappa shape index (κ3) is 14.6. The van der Waals surface area contributed by atoms with E-state index in [0.717, 1.165) is 29.8 Å². The van der Waals surface area contributed by atoms with Crippen molar-refractivity contribution >= 4 is 47.1 Å². The molecule has 0 spiro atoms. The Morgan fingerprint density at radius 3 is 1.74 bits per heavy atom. The molecule has 0 aliphatic carbocycles. The van der Waals surface area contributed by atoms with Crippen LogP contribution in [0.25, 0.3) is 0 Å². The van der Waals surface area contributed by atoms with Gasteiger partial charge in [-0.25, -0.2) is 0 Å². The van der Waals surface area contributed by atoms with Gasteiger partial charge in [0.15, 0.2) is 0 Å². The van der Waals surface area contributed by atoms with Crippen LogP contribution in [-0.2, 0) is 65.4 Å². The van der Waals surface area contributed by atoms with Crippen molar-refractivity contribution in [3.05, 3.63) is 137 Å². The van der Waals surface area contributed by atoms with Gasteiger partial charge in [0.25, 0.3) is 0 Å². The van der Waals surface area contributed by atoms with Gasteiger partial charge in [-0.05, 0) is 59.4 Å². The van der Waals surface area contributed by atoms with Crippen LogP contribution in [-0.4, -0.2) is 77.2 Å². The van der Waals surface area contributed by atoms with Gasteiger partial charge >= 0.3 is 12.1 Å². The molecule has 0 unspecified atom stereocenters. The molecule has 2 heterocycles. The van der Waals surface area contributed by atoms with Crippen LogP contribution in [0.1, 0.15) is 53.5 Å². The van der Waals surface area contributed by atoms with Gasteiger partial charge in [-0.15, -0.1) is 0 Å². The second-order valence-corrected chi connectivity index (χ2v) is 14.8. The first-order chi connectivity index (χ1) is 29.6. The maximum atomic E-state index is 14.4. The molecule has 62 heavy (non-hydrogen) atoms. The van der Waals surface area contributed by atoms with E-state index in [-0.39, 0.29) is 50.6 Å². The first-order valence-corrected chi connectivity index (χ1v) is 20.0. The monoisotopic (exact) mass is 856 g/mol. The number of nitrogens with one attached hydrogen (secondary N) is 6. The fraction of sp³-hybridized carbons (Fsp3) is 0.311. The SMILES string of the molecule is O=C(O)CCNC(=O)[C@@H]1Cc2ccc(cc2)NC(=O)CCC(=O)N[C@H](CCc2ccccc2)C(=O)N[C@@H](Cc2ccc(C(F)(F)F)cc2)C(=O)N[C@H](Cc2ccccc2)C(=O)N1. The van der Waals surface area contributed by atoms with Crippen molar-refractivity contribution in [1.29, 1.82) is 0 Å². The first-order valence-electron chi connectivity index (χ1n) is 20.0. The maximum absolute atomic E-state index is 14.4. The van der Waals surface area contributed by atoms with Crippen LogP contribution in [0.3, 0.4) is 0 Å². The smallest absolute Gasteiger partial charge is 0.416 e. The lowest BCUT2D eigenvalue weighted by Gasteiger charge is -2.27. The number of carbonyl (C=O) groups is 7. The molecule has 0 radical (unpaired) electrons. The highest BCUT2D eigenvalue weighted by molar-refractivity contribution is 5.97. The van der Waals surface area contributed by atoms with Crippen molar-refractivity contribution in [2.45, 2.75) is 81.7 Å². The summed E-state index contributed by atoms with van der Waals surface area (Å²) in [5, 5.41) is 25.0. The van der Waals surface area contributed by atoms with Crippen molar-refractivity contribution in [3.63, 3.8) is 0 Å². The number of hydrogen-bond donors (Lipinski definition) is 7. The largest absolute Gasteiger partial charge is 0.481 e. The molecule has 0 saturated carbocycles. The molecule has 2 bridgehead atoms. The zero-order valence-electron chi connectivity index (χ0n) is 33.5. The molecule has 17 heteroatoms. The number of aliphatic carboxylic acids is 1. The van der Waals surface area contributed by atoms with Gasteiger partial charge in [0, 0.05) is 44.3 Å². The van der Waals surface area contributed by atoms with Crippen LogP contribution in [0.5, 0.6) is 0 Å². The molecule has 6 amide bonds. The number of alkyl halides is 3. The minimum Gasteiger partial charge on any atom is -0.481 e. The number of fused-ring (bicyclic) bond motifs is 18. The van der Waals surface area contributed by atoms with Crippen LogP contribution in [0, 0.1) is 0 Å². The fourth-order valence-corrected chi connectivity index (χ4v) is 6.68. The minimum absolute atomic E-state index is 0.0592. The highest BCUT2D eigenvalue weighted by Gasteiger charge is 2.33. The van der Waals surface area contributed by atoms with Gasteiger partial charge in [-0.1, -0.05) is 84.9 Å². The fourth-order valence-electron chi connectivity index (χ4n) is 6.68. The van der Waals surface area contributed by atoms with Crippen LogP contribution < -0.4 is 31.9 Å². The van der Waals surface area contributed by atoms with E-state index in [0.29, 0.717) is 23.2 Å². The Morgan fingerprint density at radius 1 is 0.629 bits per heavy atom. The summed E-state index contributed by atoms with van der Waals surface area (Å²) in [6.45, 7) is -0.245. The van der Waals surface area contributed by atoms with Crippen molar-refractivity contribution < 1.29 is 51.8 Å². The van der Waals surface area contributed by atoms with Crippen molar-refractivity contribution in [2.75, 3.05) is 11.9 Å². The second-order valence-electron chi connectivity index (χ2n) is 14.8. The van der Waals surface area contributed by atoms with Gasteiger partial charge in [-0.3, -0.25) is 33.6 Å². The second kappa shape index (κ2) is 22.0. The number of anilines is 1. The Morgan fingerprint density at radius 2 is 1.16 bits per heavy atom. The Bertz CT molecular complexity index is 2190. The molecule has 4 aromatic rings. The Labute approximate surface area is 355 Å². The lowest BCUT2D eigenvalue weighted by Crippen LogP contribution is -2.59. The van der Waals surface area contributed by atoms with Gasteiger partial charge in [0.2, 0.25) is 35.4 Å². The predicted octanol–water partition coefficient (Wildman–Crippen LogP) is 3.63. The van der Waals surface area contributed by atoms with Crippen molar-refractivity contribution in [3.8, 4) is 0 Å². The van der Waals surface area contributed by atoms with E-state index in [2.05, 4.69) is 31.9 Å². The third-order valence-electron chi connectivity index (χ3n) is 10.0. The van der Waals surface area contributed by atoms with E-state index in [1.807, 2.05) is 18.2 Å². The molecule has 2 aliphatic heterocycles. The van der Waals surface area contributed by atoms with Crippen LogP contribution in [0.4, 0.5) is 18.9 Å². The molecule has 14 nitrogen and oxygen atoms in total. The normalized spacial score (nSPS) is 19.4. The van der Waals surface area contributed by atoms with E-state index in [1.54, 1.807) is 66.7 Å². The van der Waals surface area contributed by atoms with Gasteiger partial charge < -0.3 is 37.0 Å². The number of hydrogen-bond acceptors (Lipinski definition) is 7. The predicted molar refractivity (Wildman–Crippen MR) is 221 cm³/mol. The maximum Gasteiger partial charge on any atom is 0.416 e. The summed E-state index contributed by atoms with van der Waals surface area (Å²) in [5.74, 6) is -5.54. The number of carbonyl (C=O) groups excluding carboxylic acids is 6. The quantitative estimate of drug-likeness (QED) is 0.111. The summed E-state index contributed by atoms with van der Waals surface area (Å²) >= 11 is 0. The number of rotatable bonds is 11. The molecule has 6 rings (SSSR count). The van der Waals surface area contributed by atoms with Gasteiger partial charge in [0.05, 0.1) is 12.0 Å². The molecular formula is C45H47F3N6O8. The Kier molecular flexibility index (Phi) is 16.3. The highest BCUT2D eigenvalue weighted by Crippen LogP contribution is 2.29. The standard InChI is InChI=1S/C45H47F3N6O8/c46-45(47,48)32-16-11-30(12-17-32)27-37-44(62)54-36(25-29-9-5-2-6-10-29)43(61)52-35(41(59)49-24-23-40(57)58)26-31-13-18-33(19-14-31)50-38(55)21-22-39(56)51-34(42(60)53-37)20-15-28-7-3-1-4-8-28/h1-14,16-19,34-37H,15,20-27H2,(H,49,59)(H,50,55)(H,51,56)(H,52,61)(H,53,60)(H,54,62)(H,57,58)/t34-,35+,36-,37+/m1/s1. The number of halogens is 3. The summed E-state index contributed by atoms with van der Waals surface area (Å²) < 4.78 is 40.4.